The average molecular weight is 761 g/mol. The van der Waals surface area contributed by atoms with Crippen molar-refractivity contribution in [2.45, 2.75) is 37.1 Å². The number of carbonyl (C=O) groups excluding carboxylic acids is 1. The van der Waals surface area contributed by atoms with Gasteiger partial charge in [-0.1, -0.05) is 18.2 Å². The molecular weight excluding hydrogens is 739 g/mol. The van der Waals surface area contributed by atoms with Crippen LogP contribution in [0, 0.1) is 34.9 Å². The number of alkyl halides is 7. The van der Waals surface area contributed by atoms with Gasteiger partial charge < -0.3 is 10.1 Å². The van der Waals surface area contributed by atoms with Crippen LogP contribution in [0.15, 0.2) is 91.1 Å². The van der Waals surface area contributed by atoms with E-state index in [-0.39, 0.29) is 35.4 Å². The molecule has 1 amide bonds. The molecule has 17 heteroatoms. The monoisotopic (exact) mass is 760 g/mol. The Morgan fingerprint density at radius 2 is 1.28 bits per heavy atom. The van der Waals surface area contributed by atoms with Crippen LogP contribution < -0.4 is 10.1 Å². The Morgan fingerprint density at radius 1 is 0.679 bits per heavy atom. The number of halogens is 13. The van der Waals surface area contributed by atoms with Crippen LogP contribution in [-0.2, 0) is 24.6 Å². The molecule has 0 aliphatic heterocycles. The van der Waals surface area contributed by atoms with Crippen LogP contribution in [0.1, 0.15) is 43.9 Å². The second kappa shape index (κ2) is 14.8. The summed E-state index contributed by atoms with van der Waals surface area (Å²) in [6, 6.07) is 10.2. The fourth-order valence-corrected chi connectivity index (χ4v) is 5.36. The molecule has 5 rings (SSSR count). The average Bonchev–Trinajstić information content (AvgIpc) is 3.07. The second-order valence-electron chi connectivity index (χ2n) is 11.6. The van der Waals surface area contributed by atoms with Crippen LogP contribution in [0.2, 0.25) is 0 Å². The Balaban J connectivity index is 1.73. The summed E-state index contributed by atoms with van der Waals surface area (Å²) in [6.45, 7) is 0. The molecule has 4 aromatic carbocycles. The predicted molar refractivity (Wildman–Crippen MR) is 161 cm³/mol. The lowest BCUT2D eigenvalue weighted by Crippen LogP contribution is -2.49. The van der Waals surface area contributed by atoms with Gasteiger partial charge in [0, 0.05) is 24.2 Å². The first-order valence-electron chi connectivity index (χ1n) is 15.0. The van der Waals surface area contributed by atoms with E-state index in [1.807, 2.05) is 0 Å². The summed E-state index contributed by atoms with van der Waals surface area (Å²) >= 11 is 0. The van der Waals surface area contributed by atoms with Gasteiger partial charge in [-0.05, 0) is 89.3 Å². The first kappa shape index (κ1) is 38.6. The number of amides is 1. The SMILES string of the molecule is O=C(NC(Cc1ccc(F)c(F)c1)(c1cc(F)cc(OC(F)(F)C(F)F)c1)c1ccc(Cc2ccc(F)c(F)c2)cn1)c1ccc(F)c(C(F)(F)F)c1. The lowest BCUT2D eigenvalue weighted by atomic mass is 9.79. The highest BCUT2D eigenvalue weighted by atomic mass is 19.4. The van der Waals surface area contributed by atoms with Gasteiger partial charge in [-0.25, -0.2) is 26.3 Å². The van der Waals surface area contributed by atoms with Gasteiger partial charge in [-0.15, -0.1) is 0 Å². The van der Waals surface area contributed by atoms with Crippen molar-refractivity contribution in [3.8, 4) is 5.75 Å². The first-order valence-corrected chi connectivity index (χ1v) is 15.0. The maximum atomic E-state index is 15.2. The fourth-order valence-electron chi connectivity index (χ4n) is 5.36. The quantitative estimate of drug-likeness (QED) is 0.137. The van der Waals surface area contributed by atoms with E-state index in [1.165, 1.54) is 12.1 Å². The number of aromatic nitrogens is 1. The van der Waals surface area contributed by atoms with Crippen LogP contribution in [0.4, 0.5) is 57.1 Å². The molecule has 0 aliphatic carbocycles. The third-order valence-corrected chi connectivity index (χ3v) is 7.84. The van der Waals surface area contributed by atoms with Crippen molar-refractivity contribution in [2.24, 2.45) is 0 Å². The Morgan fingerprint density at radius 3 is 1.87 bits per heavy atom. The van der Waals surface area contributed by atoms with Crippen molar-refractivity contribution in [2.75, 3.05) is 0 Å². The molecule has 0 bridgehead atoms. The minimum atomic E-state index is -5.29. The molecule has 1 N–H and O–H groups in total. The standard InChI is InChI=1S/C36H21F13N2O2/c37-23-13-22(14-24(15-23)53-36(48,49)33(43)44)34(16-19-2-6-28(40)30(42)11-19,51-32(52)21-4-7-26(38)25(12-21)35(45,46)47)31-8-3-20(17-50-31)9-18-1-5-27(39)29(41)10-18/h1-8,10-15,17,33H,9,16H2,(H,51,52). The summed E-state index contributed by atoms with van der Waals surface area (Å²) in [5, 5.41) is 2.33. The molecule has 0 fully saturated rings. The topological polar surface area (TPSA) is 51.2 Å². The van der Waals surface area contributed by atoms with Crippen molar-refractivity contribution in [3.63, 3.8) is 0 Å². The van der Waals surface area contributed by atoms with Crippen molar-refractivity contribution < 1.29 is 66.6 Å². The number of rotatable bonds is 11. The molecular formula is C36H21F13N2O2. The van der Waals surface area contributed by atoms with Gasteiger partial charge >= 0.3 is 18.7 Å². The number of carbonyl (C=O) groups is 1. The molecule has 0 saturated heterocycles. The highest BCUT2D eigenvalue weighted by Crippen LogP contribution is 2.38. The molecule has 5 aromatic rings. The minimum absolute atomic E-state index is 0.0799. The highest BCUT2D eigenvalue weighted by Gasteiger charge is 2.45. The molecule has 278 valence electrons. The Kier molecular flexibility index (Phi) is 10.8. The molecule has 0 aliphatic rings. The lowest BCUT2D eigenvalue weighted by molar-refractivity contribution is -0.253. The van der Waals surface area contributed by atoms with Crippen molar-refractivity contribution >= 4 is 5.91 Å². The van der Waals surface area contributed by atoms with Gasteiger partial charge in [0.15, 0.2) is 23.3 Å². The van der Waals surface area contributed by atoms with E-state index in [1.54, 1.807) is 0 Å². The van der Waals surface area contributed by atoms with E-state index in [0.29, 0.717) is 42.0 Å². The zero-order valence-electron chi connectivity index (χ0n) is 26.3. The molecule has 53 heavy (non-hydrogen) atoms. The number of ether oxygens (including phenoxy) is 1. The summed E-state index contributed by atoms with van der Waals surface area (Å²) < 4.78 is 184. The number of nitrogens with zero attached hydrogens (tertiary/aromatic N) is 1. The normalized spacial score (nSPS) is 13.2. The van der Waals surface area contributed by atoms with Crippen LogP contribution in [0.25, 0.3) is 0 Å². The summed E-state index contributed by atoms with van der Waals surface area (Å²) in [5.74, 6) is -10.9. The third-order valence-electron chi connectivity index (χ3n) is 7.84. The molecule has 1 unspecified atom stereocenters. The summed E-state index contributed by atoms with van der Waals surface area (Å²) in [7, 11) is 0. The smallest absolute Gasteiger partial charge is 0.428 e. The zero-order valence-corrected chi connectivity index (χ0v) is 26.3. The Labute approximate surface area is 290 Å². The van der Waals surface area contributed by atoms with E-state index in [4.69, 9.17) is 0 Å². The maximum Gasteiger partial charge on any atom is 0.461 e. The number of hydrogen-bond donors (Lipinski definition) is 1. The summed E-state index contributed by atoms with van der Waals surface area (Å²) in [6.07, 6.45) is -14.6. The van der Waals surface area contributed by atoms with Crippen molar-refractivity contribution in [3.05, 3.63) is 165 Å². The van der Waals surface area contributed by atoms with E-state index in [0.717, 1.165) is 30.5 Å². The molecule has 0 spiro atoms. The van der Waals surface area contributed by atoms with Gasteiger partial charge in [0.05, 0.1) is 11.3 Å². The van der Waals surface area contributed by atoms with Crippen LogP contribution in [-0.4, -0.2) is 23.4 Å². The summed E-state index contributed by atoms with van der Waals surface area (Å²) in [4.78, 5) is 18.0. The molecule has 1 atom stereocenters. The fraction of sp³-hybridized carbons (Fsp3) is 0.167. The Hall–Kier alpha value is -5.61. The van der Waals surface area contributed by atoms with E-state index >= 15 is 4.39 Å². The highest BCUT2D eigenvalue weighted by molar-refractivity contribution is 5.95. The number of hydrogen-bond acceptors (Lipinski definition) is 3. The van der Waals surface area contributed by atoms with Crippen LogP contribution in [0.5, 0.6) is 5.75 Å². The predicted octanol–water partition coefficient (Wildman–Crippen LogP) is 9.68. The van der Waals surface area contributed by atoms with Gasteiger partial charge in [0.2, 0.25) is 0 Å². The van der Waals surface area contributed by atoms with Crippen LogP contribution in [0.3, 0.4) is 0 Å². The van der Waals surface area contributed by atoms with Crippen molar-refractivity contribution in [1.29, 1.82) is 0 Å². The zero-order chi connectivity index (χ0) is 38.9. The van der Waals surface area contributed by atoms with E-state index < -0.39 is 93.9 Å². The number of benzene rings is 4. The molecule has 0 radical (unpaired) electrons. The molecule has 1 aromatic heterocycles. The van der Waals surface area contributed by atoms with E-state index in [2.05, 4.69) is 15.0 Å². The molecule has 1 heterocycles. The van der Waals surface area contributed by atoms with Gasteiger partial charge in [-0.2, -0.15) is 30.7 Å². The lowest BCUT2D eigenvalue weighted by Gasteiger charge is -2.36. The number of pyridine rings is 1. The molecule has 0 saturated carbocycles. The Bertz CT molecular complexity index is 2140. The van der Waals surface area contributed by atoms with Crippen molar-refractivity contribution in [1.82, 2.24) is 10.3 Å². The second-order valence-corrected chi connectivity index (χ2v) is 11.6. The summed E-state index contributed by atoms with van der Waals surface area (Å²) in [5.41, 5.74) is -5.86. The molecule has 4 nitrogen and oxygen atoms in total. The van der Waals surface area contributed by atoms with E-state index in [9.17, 15) is 57.5 Å². The largest absolute Gasteiger partial charge is 0.461 e. The number of nitrogens with one attached hydrogen (secondary N) is 1. The third kappa shape index (κ3) is 8.72. The van der Waals surface area contributed by atoms with Gasteiger partial charge in [0.25, 0.3) is 5.91 Å². The van der Waals surface area contributed by atoms with Gasteiger partial charge in [-0.3, -0.25) is 9.78 Å². The maximum absolute atomic E-state index is 15.2. The van der Waals surface area contributed by atoms with Crippen LogP contribution >= 0.6 is 0 Å². The van der Waals surface area contributed by atoms with Gasteiger partial charge in [0.1, 0.15) is 22.9 Å². The minimum Gasteiger partial charge on any atom is -0.428 e. The first-order chi connectivity index (χ1) is 24.8.